The molecule has 1 aliphatic carbocycles. The summed E-state index contributed by atoms with van der Waals surface area (Å²) < 4.78 is 13.1. The number of hydrogen-bond acceptors (Lipinski definition) is 4. The van der Waals surface area contributed by atoms with Gasteiger partial charge >= 0.3 is 0 Å². The zero-order valence-corrected chi connectivity index (χ0v) is 21.3. The molecule has 0 atom stereocenters. The van der Waals surface area contributed by atoms with Gasteiger partial charge in [0.2, 0.25) is 5.91 Å². The lowest BCUT2D eigenvalue weighted by atomic mass is 9.93. The largest absolute Gasteiger partial charge is 0.352 e. The van der Waals surface area contributed by atoms with E-state index in [0.29, 0.717) is 23.8 Å². The SMILES string of the molecule is O=C(NCCC1CCN(Cc2ccc(F)cc2)CC1)c1ccc2c(c1)[nH]c1c(NC(=O)C3CC3)nccc12. The monoisotopic (exact) mass is 513 g/mol. The highest BCUT2D eigenvalue weighted by Gasteiger charge is 2.30. The van der Waals surface area contributed by atoms with Gasteiger partial charge in [0.15, 0.2) is 5.82 Å². The third-order valence-corrected chi connectivity index (χ3v) is 7.84. The third-order valence-electron chi connectivity index (χ3n) is 7.84. The van der Waals surface area contributed by atoms with Crippen LogP contribution in [-0.4, -0.2) is 46.3 Å². The highest BCUT2D eigenvalue weighted by Crippen LogP contribution is 2.33. The van der Waals surface area contributed by atoms with Crippen molar-refractivity contribution in [3.63, 3.8) is 0 Å². The van der Waals surface area contributed by atoms with E-state index in [0.717, 1.165) is 79.1 Å². The molecule has 1 saturated carbocycles. The Labute approximate surface area is 220 Å². The number of amides is 2. The lowest BCUT2D eigenvalue weighted by molar-refractivity contribution is -0.117. The average Bonchev–Trinajstić information content (AvgIpc) is 3.72. The molecule has 4 aromatic rings. The maximum absolute atomic E-state index is 13.1. The number of rotatable bonds is 8. The van der Waals surface area contributed by atoms with E-state index in [1.54, 1.807) is 6.20 Å². The van der Waals surface area contributed by atoms with E-state index in [1.807, 2.05) is 36.4 Å². The van der Waals surface area contributed by atoms with Crippen LogP contribution < -0.4 is 10.6 Å². The number of aromatic nitrogens is 2. The van der Waals surface area contributed by atoms with Crippen LogP contribution in [0, 0.1) is 17.7 Å². The number of benzene rings is 2. The number of halogens is 1. The van der Waals surface area contributed by atoms with Crippen LogP contribution in [0.4, 0.5) is 10.2 Å². The van der Waals surface area contributed by atoms with Crippen LogP contribution in [0.25, 0.3) is 21.8 Å². The molecule has 6 rings (SSSR count). The van der Waals surface area contributed by atoms with E-state index in [-0.39, 0.29) is 23.5 Å². The molecule has 0 unspecified atom stereocenters. The number of likely N-dealkylation sites (tertiary alicyclic amines) is 1. The smallest absolute Gasteiger partial charge is 0.251 e. The van der Waals surface area contributed by atoms with Gasteiger partial charge in [-0.25, -0.2) is 9.37 Å². The predicted octanol–water partition coefficient (Wildman–Crippen LogP) is 5.24. The number of H-pyrrole nitrogens is 1. The highest BCUT2D eigenvalue weighted by molar-refractivity contribution is 6.13. The van der Waals surface area contributed by atoms with Crippen LogP contribution in [0.1, 0.15) is 48.0 Å². The lowest BCUT2D eigenvalue weighted by Gasteiger charge is -2.32. The molecule has 0 bridgehead atoms. The van der Waals surface area contributed by atoms with Crippen molar-refractivity contribution in [2.45, 2.75) is 38.6 Å². The Kier molecular flexibility index (Phi) is 6.81. The van der Waals surface area contributed by atoms with Gasteiger partial charge in [-0.05, 0) is 87.0 Å². The summed E-state index contributed by atoms with van der Waals surface area (Å²) in [5.74, 6) is 0.956. The maximum atomic E-state index is 13.1. The molecular weight excluding hydrogens is 481 g/mol. The minimum Gasteiger partial charge on any atom is -0.352 e. The predicted molar refractivity (Wildman–Crippen MR) is 146 cm³/mol. The zero-order valence-electron chi connectivity index (χ0n) is 21.3. The van der Waals surface area contributed by atoms with Gasteiger partial charge in [0, 0.05) is 47.1 Å². The van der Waals surface area contributed by atoms with Crippen LogP contribution in [0.5, 0.6) is 0 Å². The summed E-state index contributed by atoms with van der Waals surface area (Å²) in [6.07, 6.45) is 6.73. The van der Waals surface area contributed by atoms with Crippen molar-refractivity contribution in [2.24, 2.45) is 11.8 Å². The summed E-state index contributed by atoms with van der Waals surface area (Å²) in [6, 6.07) is 14.3. The van der Waals surface area contributed by atoms with Gasteiger partial charge in [-0.2, -0.15) is 0 Å². The standard InChI is InChI=1S/C30H32FN5O2/c31-23-6-1-20(2-7-23)18-36-15-11-19(12-16-36)9-13-33-29(37)22-5-8-24-25-10-14-32-28(27(25)34-26(24)17-22)35-30(38)21-3-4-21/h1-2,5-8,10,14,17,19,21,34H,3-4,9,11-13,15-16,18H2,(H,33,37)(H,32,35,38). The Morgan fingerprint density at radius 1 is 1.00 bits per heavy atom. The first kappa shape index (κ1) is 24.6. The summed E-state index contributed by atoms with van der Waals surface area (Å²) in [5.41, 5.74) is 3.37. The first-order valence-electron chi connectivity index (χ1n) is 13.5. The van der Waals surface area contributed by atoms with E-state index in [1.165, 1.54) is 12.1 Å². The van der Waals surface area contributed by atoms with Crippen molar-refractivity contribution in [3.05, 3.63) is 71.7 Å². The van der Waals surface area contributed by atoms with Crippen LogP contribution in [0.3, 0.4) is 0 Å². The van der Waals surface area contributed by atoms with Crippen molar-refractivity contribution in [1.82, 2.24) is 20.2 Å². The Morgan fingerprint density at radius 3 is 2.55 bits per heavy atom. The molecule has 1 saturated heterocycles. The molecule has 0 spiro atoms. The number of nitrogens with one attached hydrogen (secondary N) is 3. The normalized spacial score (nSPS) is 16.7. The molecule has 196 valence electrons. The molecule has 2 aliphatic rings. The lowest BCUT2D eigenvalue weighted by Crippen LogP contribution is -2.34. The summed E-state index contributed by atoms with van der Waals surface area (Å²) in [5, 5.41) is 8.00. The number of hydrogen-bond donors (Lipinski definition) is 3. The summed E-state index contributed by atoms with van der Waals surface area (Å²) in [4.78, 5) is 35.3. The molecule has 2 fully saturated rings. The van der Waals surface area contributed by atoms with E-state index in [9.17, 15) is 14.0 Å². The van der Waals surface area contributed by atoms with Gasteiger partial charge in [0.25, 0.3) is 5.91 Å². The number of carbonyl (C=O) groups excluding carboxylic acids is 2. The molecule has 2 aromatic carbocycles. The van der Waals surface area contributed by atoms with Crippen LogP contribution >= 0.6 is 0 Å². The van der Waals surface area contributed by atoms with Gasteiger partial charge in [-0.3, -0.25) is 14.5 Å². The number of anilines is 1. The number of piperidine rings is 1. The van der Waals surface area contributed by atoms with E-state index in [2.05, 4.69) is 25.5 Å². The Bertz CT molecular complexity index is 1470. The fourth-order valence-electron chi connectivity index (χ4n) is 5.40. The number of nitrogens with zero attached hydrogens (tertiary/aromatic N) is 2. The van der Waals surface area contributed by atoms with E-state index in [4.69, 9.17) is 0 Å². The van der Waals surface area contributed by atoms with Crippen molar-refractivity contribution in [3.8, 4) is 0 Å². The minimum atomic E-state index is -0.198. The molecule has 8 heteroatoms. The highest BCUT2D eigenvalue weighted by atomic mass is 19.1. The fraction of sp³-hybridized carbons (Fsp3) is 0.367. The van der Waals surface area contributed by atoms with Gasteiger partial charge < -0.3 is 15.6 Å². The quantitative estimate of drug-likeness (QED) is 0.301. The van der Waals surface area contributed by atoms with Gasteiger partial charge in [0.05, 0.1) is 5.52 Å². The Morgan fingerprint density at radius 2 is 1.79 bits per heavy atom. The second kappa shape index (κ2) is 10.5. The minimum absolute atomic E-state index is 0.0160. The molecule has 3 N–H and O–H groups in total. The van der Waals surface area contributed by atoms with Gasteiger partial charge in [-0.15, -0.1) is 0 Å². The molecule has 0 radical (unpaired) electrons. The maximum Gasteiger partial charge on any atom is 0.251 e. The first-order chi connectivity index (χ1) is 18.5. The van der Waals surface area contributed by atoms with E-state index < -0.39 is 0 Å². The van der Waals surface area contributed by atoms with Crippen LogP contribution in [0.2, 0.25) is 0 Å². The number of pyridine rings is 1. The number of aromatic amines is 1. The molecule has 3 heterocycles. The fourth-order valence-corrected chi connectivity index (χ4v) is 5.40. The van der Waals surface area contributed by atoms with Gasteiger partial charge in [0.1, 0.15) is 5.82 Å². The zero-order chi connectivity index (χ0) is 26.1. The average molecular weight is 514 g/mol. The van der Waals surface area contributed by atoms with Crippen molar-refractivity contribution in [2.75, 3.05) is 25.0 Å². The first-order valence-corrected chi connectivity index (χ1v) is 13.5. The molecule has 2 aromatic heterocycles. The molecule has 1 aliphatic heterocycles. The second-order valence-corrected chi connectivity index (χ2v) is 10.6. The van der Waals surface area contributed by atoms with Crippen molar-refractivity contribution < 1.29 is 14.0 Å². The van der Waals surface area contributed by atoms with Crippen molar-refractivity contribution in [1.29, 1.82) is 0 Å². The summed E-state index contributed by atoms with van der Waals surface area (Å²) in [6.45, 7) is 3.54. The topological polar surface area (TPSA) is 90.1 Å². The molecule has 2 amide bonds. The van der Waals surface area contributed by atoms with Crippen LogP contribution in [-0.2, 0) is 11.3 Å². The third kappa shape index (κ3) is 5.41. The molecule has 7 nitrogen and oxygen atoms in total. The summed E-state index contributed by atoms with van der Waals surface area (Å²) >= 11 is 0. The Hall–Kier alpha value is -3.78. The summed E-state index contributed by atoms with van der Waals surface area (Å²) in [7, 11) is 0. The molecular formula is C30H32FN5O2. The Balaban J connectivity index is 1.02. The van der Waals surface area contributed by atoms with Gasteiger partial charge in [-0.1, -0.05) is 18.2 Å². The molecule has 38 heavy (non-hydrogen) atoms. The number of fused-ring (bicyclic) bond motifs is 3. The second-order valence-electron chi connectivity index (χ2n) is 10.6. The van der Waals surface area contributed by atoms with Crippen molar-refractivity contribution >= 4 is 39.4 Å². The van der Waals surface area contributed by atoms with E-state index >= 15 is 0 Å². The number of carbonyl (C=O) groups is 2. The van der Waals surface area contributed by atoms with Crippen LogP contribution in [0.15, 0.2) is 54.7 Å².